The Kier molecular flexibility index (Phi) is 2.85. The van der Waals surface area contributed by atoms with Gasteiger partial charge in [0.25, 0.3) is 5.91 Å². The topological polar surface area (TPSA) is 79.3 Å². The minimum absolute atomic E-state index is 0.240. The van der Waals surface area contributed by atoms with E-state index in [-0.39, 0.29) is 5.69 Å². The average molecular weight is 214 g/mol. The maximum Gasteiger partial charge on any atom is 0.328 e. The number of carboxylic acid groups (broad SMARTS) is 1. The molecule has 0 aliphatic carbocycles. The second-order valence-corrected chi connectivity index (χ2v) is 3.98. The molecule has 0 saturated heterocycles. The Bertz CT molecular complexity index is 345. The van der Waals surface area contributed by atoms with E-state index in [1.807, 2.05) is 0 Å². The Morgan fingerprint density at radius 1 is 1.57 bits per heavy atom. The molecular formula is C8H10N2O3S. The number of hydrogen-bond donors (Lipinski definition) is 2. The van der Waals surface area contributed by atoms with Crippen molar-refractivity contribution < 1.29 is 14.7 Å². The number of hydrogen-bond acceptors (Lipinski definition) is 4. The number of aliphatic carboxylic acids is 1. The number of carbonyl (C=O) groups excluding carboxylic acids is 1. The van der Waals surface area contributed by atoms with E-state index in [9.17, 15) is 9.59 Å². The molecule has 1 amide bonds. The molecular weight excluding hydrogens is 204 g/mol. The van der Waals surface area contributed by atoms with Crippen LogP contribution in [0.3, 0.4) is 0 Å². The highest BCUT2D eigenvalue weighted by Gasteiger charge is 2.29. The summed E-state index contributed by atoms with van der Waals surface area (Å²) in [5.74, 6) is -1.56. The van der Waals surface area contributed by atoms with Gasteiger partial charge >= 0.3 is 5.97 Å². The van der Waals surface area contributed by atoms with Crippen LogP contribution in [0, 0.1) is 0 Å². The van der Waals surface area contributed by atoms with Gasteiger partial charge in [-0.25, -0.2) is 9.78 Å². The maximum atomic E-state index is 11.4. The molecule has 1 aromatic heterocycles. The summed E-state index contributed by atoms with van der Waals surface area (Å²) in [6, 6.07) is 0. The highest BCUT2D eigenvalue weighted by Crippen LogP contribution is 2.06. The molecule has 0 atom stereocenters. The number of carboxylic acids is 1. The van der Waals surface area contributed by atoms with E-state index in [1.54, 1.807) is 5.38 Å². The molecule has 0 aliphatic rings. The van der Waals surface area contributed by atoms with Gasteiger partial charge in [-0.1, -0.05) is 0 Å². The molecule has 2 N–H and O–H groups in total. The molecule has 0 fully saturated rings. The molecule has 14 heavy (non-hydrogen) atoms. The first kappa shape index (κ1) is 10.6. The highest BCUT2D eigenvalue weighted by molar-refractivity contribution is 7.07. The van der Waals surface area contributed by atoms with Crippen LogP contribution in [0.25, 0.3) is 0 Å². The average Bonchev–Trinajstić information content (AvgIpc) is 2.54. The molecule has 0 radical (unpaired) electrons. The molecule has 76 valence electrons. The van der Waals surface area contributed by atoms with Crippen molar-refractivity contribution in [2.45, 2.75) is 19.4 Å². The number of amides is 1. The standard InChI is InChI=1S/C8H10N2O3S/c1-8(2,7(12)13)10-6(11)5-3-14-4-9-5/h3-4H,1-2H3,(H,10,11)(H,12,13). The van der Waals surface area contributed by atoms with E-state index < -0.39 is 17.4 Å². The zero-order valence-electron chi connectivity index (χ0n) is 7.77. The Labute approximate surface area is 84.8 Å². The molecule has 6 heteroatoms. The Balaban J connectivity index is 2.71. The Hall–Kier alpha value is -1.43. The zero-order chi connectivity index (χ0) is 10.8. The lowest BCUT2D eigenvalue weighted by Crippen LogP contribution is -2.49. The van der Waals surface area contributed by atoms with Crippen molar-refractivity contribution in [3.63, 3.8) is 0 Å². The zero-order valence-corrected chi connectivity index (χ0v) is 8.59. The first-order valence-corrected chi connectivity index (χ1v) is 4.82. The van der Waals surface area contributed by atoms with Gasteiger partial charge in [-0.3, -0.25) is 4.79 Å². The maximum absolute atomic E-state index is 11.4. The van der Waals surface area contributed by atoms with Crippen molar-refractivity contribution in [1.29, 1.82) is 0 Å². The van der Waals surface area contributed by atoms with Gasteiger partial charge < -0.3 is 10.4 Å². The third-order valence-corrected chi connectivity index (χ3v) is 2.21. The SMILES string of the molecule is CC(C)(NC(=O)c1cscn1)C(=O)O. The number of carbonyl (C=O) groups is 2. The van der Waals surface area contributed by atoms with Gasteiger partial charge in [-0.05, 0) is 13.8 Å². The fourth-order valence-corrected chi connectivity index (χ4v) is 1.26. The van der Waals surface area contributed by atoms with Crippen molar-refractivity contribution in [3.8, 4) is 0 Å². The quantitative estimate of drug-likeness (QED) is 0.777. The van der Waals surface area contributed by atoms with E-state index in [0.717, 1.165) is 0 Å². The monoisotopic (exact) mass is 214 g/mol. The van der Waals surface area contributed by atoms with Crippen molar-refractivity contribution >= 4 is 23.2 Å². The lowest BCUT2D eigenvalue weighted by molar-refractivity contribution is -0.143. The van der Waals surface area contributed by atoms with Crippen LogP contribution in [-0.2, 0) is 4.79 Å². The summed E-state index contributed by atoms with van der Waals surface area (Å²) >= 11 is 1.28. The van der Waals surface area contributed by atoms with Crippen LogP contribution in [0.5, 0.6) is 0 Å². The van der Waals surface area contributed by atoms with Crippen LogP contribution in [-0.4, -0.2) is 27.5 Å². The smallest absolute Gasteiger partial charge is 0.328 e. The minimum Gasteiger partial charge on any atom is -0.480 e. The summed E-state index contributed by atoms with van der Waals surface area (Å²) in [4.78, 5) is 25.9. The van der Waals surface area contributed by atoms with Crippen molar-refractivity contribution in [3.05, 3.63) is 16.6 Å². The second kappa shape index (κ2) is 3.75. The van der Waals surface area contributed by atoms with Crippen LogP contribution in [0.1, 0.15) is 24.3 Å². The molecule has 0 spiro atoms. The number of nitrogens with one attached hydrogen (secondary N) is 1. The van der Waals surface area contributed by atoms with E-state index in [2.05, 4.69) is 10.3 Å². The summed E-state index contributed by atoms with van der Waals surface area (Å²) in [5, 5.41) is 12.7. The summed E-state index contributed by atoms with van der Waals surface area (Å²) in [6.45, 7) is 2.83. The highest BCUT2D eigenvalue weighted by atomic mass is 32.1. The lowest BCUT2D eigenvalue weighted by atomic mass is 10.1. The van der Waals surface area contributed by atoms with Gasteiger partial charge in [-0.2, -0.15) is 0 Å². The Morgan fingerprint density at radius 2 is 2.21 bits per heavy atom. The first-order valence-electron chi connectivity index (χ1n) is 3.87. The largest absolute Gasteiger partial charge is 0.480 e. The fourth-order valence-electron chi connectivity index (χ4n) is 0.726. The third-order valence-electron chi connectivity index (χ3n) is 1.63. The normalized spacial score (nSPS) is 11.0. The molecule has 1 heterocycles. The van der Waals surface area contributed by atoms with Crippen LogP contribution in [0.2, 0.25) is 0 Å². The number of thiazole rings is 1. The van der Waals surface area contributed by atoms with Crippen LogP contribution in [0.4, 0.5) is 0 Å². The molecule has 0 saturated carbocycles. The van der Waals surface area contributed by atoms with Crippen LogP contribution < -0.4 is 5.32 Å². The van der Waals surface area contributed by atoms with Crippen molar-refractivity contribution in [2.75, 3.05) is 0 Å². The molecule has 0 aromatic carbocycles. The predicted octanol–water partition coefficient (Wildman–Crippen LogP) is 0.736. The summed E-state index contributed by atoms with van der Waals surface area (Å²) in [5.41, 5.74) is 0.480. The van der Waals surface area contributed by atoms with E-state index in [1.165, 1.54) is 30.7 Å². The predicted molar refractivity (Wildman–Crippen MR) is 51.3 cm³/mol. The summed E-state index contributed by atoms with van der Waals surface area (Å²) in [6.07, 6.45) is 0. The summed E-state index contributed by atoms with van der Waals surface area (Å²) < 4.78 is 0. The van der Waals surface area contributed by atoms with Gasteiger partial charge in [0.2, 0.25) is 0 Å². The van der Waals surface area contributed by atoms with Gasteiger partial charge in [0.05, 0.1) is 5.51 Å². The molecule has 0 aliphatic heterocycles. The van der Waals surface area contributed by atoms with Crippen LogP contribution in [0.15, 0.2) is 10.9 Å². The number of nitrogens with zero attached hydrogens (tertiary/aromatic N) is 1. The van der Waals surface area contributed by atoms with Gasteiger partial charge in [0, 0.05) is 5.38 Å². The number of aromatic nitrogens is 1. The Morgan fingerprint density at radius 3 is 2.64 bits per heavy atom. The van der Waals surface area contributed by atoms with Crippen molar-refractivity contribution in [1.82, 2.24) is 10.3 Å². The fraction of sp³-hybridized carbons (Fsp3) is 0.375. The number of rotatable bonds is 3. The van der Waals surface area contributed by atoms with Gasteiger partial charge in [0.15, 0.2) is 0 Å². The molecule has 0 unspecified atom stereocenters. The van der Waals surface area contributed by atoms with Gasteiger partial charge in [0.1, 0.15) is 11.2 Å². The molecule has 1 aromatic rings. The molecule has 1 rings (SSSR count). The second-order valence-electron chi connectivity index (χ2n) is 3.26. The van der Waals surface area contributed by atoms with Gasteiger partial charge in [-0.15, -0.1) is 11.3 Å². The lowest BCUT2D eigenvalue weighted by Gasteiger charge is -2.20. The first-order chi connectivity index (χ1) is 6.43. The molecule has 5 nitrogen and oxygen atoms in total. The third kappa shape index (κ3) is 2.29. The van der Waals surface area contributed by atoms with Crippen LogP contribution >= 0.6 is 11.3 Å². The molecule has 0 bridgehead atoms. The van der Waals surface area contributed by atoms with E-state index in [0.29, 0.717) is 0 Å². The minimum atomic E-state index is -1.28. The summed E-state index contributed by atoms with van der Waals surface area (Å²) in [7, 11) is 0. The van der Waals surface area contributed by atoms with E-state index in [4.69, 9.17) is 5.11 Å². The van der Waals surface area contributed by atoms with Crippen molar-refractivity contribution in [2.24, 2.45) is 0 Å². The van der Waals surface area contributed by atoms with E-state index >= 15 is 0 Å².